The van der Waals surface area contributed by atoms with E-state index in [2.05, 4.69) is 4.90 Å². The molecule has 1 amide bonds. The first-order valence-corrected chi connectivity index (χ1v) is 11.8. The predicted octanol–water partition coefficient (Wildman–Crippen LogP) is 3.67. The summed E-state index contributed by atoms with van der Waals surface area (Å²) < 4.78 is 1.83. The van der Waals surface area contributed by atoms with Gasteiger partial charge in [0.15, 0.2) is 5.82 Å². The molecule has 0 atom stereocenters. The molecule has 3 aromatic rings. The lowest BCUT2D eigenvalue weighted by atomic mass is 9.94. The highest BCUT2D eigenvalue weighted by atomic mass is 16.2. The van der Waals surface area contributed by atoms with E-state index in [4.69, 9.17) is 4.98 Å². The number of hydrogen-bond acceptors (Lipinski definition) is 4. The van der Waals surface area contributed by atoms with Crippen molar-refractivity contribution in [1.29, 1.82) is 0 Å². The molecule has 2 fully saturated rings. The van der Waals surface area contributed by atoms with Crippen LogP contribution < -0.4 is 10.5 Å². The first kappa shape index (κ1) is 20.7. The SMILES string of the molecule is O=C(C1CCN(c2nc3ccccc3n(Cc3ccccc3)c2=O)CC1)N1CCCCC1. The van der Waals surface area contributed by atoms with E-state index >= 15 is 0 Å². The van der Waals surface area contributed by atoms with E-state index in [0.29, 0.717) is 31.4 Å². The van der Waals surface area contributed by atoms with Gasteiger partial charge in [0, 0.05) is 32.1 Å². The van der Waals surface area contributed by atoms with Crippen LogP contribution in [0.4, 0.5) is 5.82 Å². The van der Waals surface area contributed by atoms with Crippen LogP contribution in [-0.2, 0) is 11.3 Å². The van der Waals surface area contributed by atoms with Crippen molar-refractivity contribution >= 4 is 22.8 Å². The summed E-state index contributed by atoms with van der Waals surface area (Å²) >= 11 is 0. The number of likely N-dealkylation sites (tertiary alicyclic amines) is 1. The molecule has 0 radical (unpaired) electrons. The summed E-state index contributed by atoms with van der Waals surface area (Å²) in [7, 11) is 0. The number of fused-ring (bicyclic) bond motifs is 1. The zero-order chi connectivity index (χ0) is 21.9. The molecule has 32 heavy (non-hydrogen) atoms. The highest BCUT2D eigenvalue weighted by Crippen LogP contribution is 2.25. The van der Waals surface area contributed by atoms with Gasteiger partial charge in [0.1, 0.15) is 0 Å². The molecule has 0 N–H and O–H groups in total. The Morgan fingerprint density at radius 2 is 1.56 bits per heavy atom. The zero-order valence-corrected chi connectivity index (χ0v) is 18.4. The number of piperidine rings is 2. The van der Waals surface area contributed by atoms with Crippen molar-refractivity contribution in [2.24, 2.45) is 5.92 Å². The van der Waals surface area contributed by atoms with Crippen LogP contribution in [-0.4, -0.2) is 46.5 Å². The molecule has 5 rings (SSSR count). The van der Waals surface area contributed by atoms with E-state index in [1.54, 1.807) is 0 Å². The van der Waals surface area contributed by atoms with Crippen LogP contribution in [0.3, 0.4) is 0 Å². The van der Waals surface area contributed by atoms with Gasteiger partial charge < -0.3 is 9.80 Å². The van der Waals surface area contributed by atoms with Crippen molar-refractivity contribution in [2.45, 2.75) is 38.6 Å². The van der Waals surface area contributed by atoms with Gasteiger partial charge in [-0.2, -0.15) is 0 Å². The van der Waals surface area contributed by atoms with Gasteiger partial charge in [-0.15, -0.1) is 0 Å². The molecule has 6 nitrogen and oxygen atoms in total. The van der Waals surface area contributed by atoms with Gasteiger partial charge in [0.25, 0.3) is 5.56 Å². The lowest BCUT2D eigenvalue weighted by Gasteiger charge is -2.36. The highest BCUT2D eigenvalue weighted by molar-refractivity contribution is 5.79. The normalized spacial score (nSPS) is 17.6. The Morgan fingerprint density at radius 3 is 2.31 bits per heavy atom. The molecule has 0 aliphatic carbocycles. The molecule has 6 heteroatoms. The number of carbonyl (C=O) groups excluding carboxylic acids is 1. The third-order valence-electron chi connectivity index (χ3n) is 6.83. The molecule has 2 aliphatic heterocycles. The Labute approximate surface area is 188 Å². The Hall–Kier alpha value is -3.15. The lowest BCUT2D eigenvalue weighted by molar-refractivity contribution is -0.137. The standard InChI is InChI=1S/C26H30N4O2/c31-25(29-15-7-2-8-16-29)21-13-17-28(18-14-21)24-26(32)30(19-20-9-3-1-4-10-20)23-12-6-5-11-22(23)27-24/h1,3-6,9-12,21H,2,7-8,13-19H2. The zero-order valence-electron chi connectivity index (χ0n) is 18.4. The van der Waals surface area contributed by atoms with Crippen molar-refractivity contribution in [3.8, 4) is 0 Å². The van der Waals surface area contributed by atoms with Crippen molar-refractivity contribution in [1.82, 2.24) is 14.5 Å². The van der Waals surface area contributed by atoms with Crippen molar-refractivity contribution in [2.75, 3.05) is 31.1 Å². The summed E-state index contributed by atoms with van der Waals surface area (Å²) in [5.41, 5.74) is 2.70. The monoisotopic (exact) mass is 430 g/mol. The van der Waals surface area contributed by atoms with Crippen LogP contribution in [0.2, 0.25) is 0 Å². The van der Waals surface area contributed by atoms with E-state index in [-0.39, 0.29) is 11.5 Å². The summed E-state index contributed by atoms with van der Waals surface area (Å²) in [6, 6.07) is 17.9. The van der Waals surface area contributed by atoms with Crippen molar-refractivity contribution in [3.63, 3.8) is 0 Å². The molecule has 0 saturated carbocycles. The third kappa shape index (κ3) is 4.14. The van der Waals surface area contributed by atoms with E-state index in [9.17, 15) is 9.59 Å². The lowest BCUT2D eigenvalue weighted by Crippen LogP contribution is -2.45. The van der Waals surface area contributed by atoms with E-state index in [1.807, 2.05) is 64.1 Å². The molecule has 2 saturated heterocycles. The number of anilines is 1. The second-order valence-corrected chi connectivity index (χ2v) is 8.95. The minimum atomic E-state index is -0.0617. The van der Waals surface area contributed by atoms with E-state index in [1.165, 1.54) is 6.42 Å². The van der Waals surface area contributed by atoms with Gasteiger partial charge in [0.05, 0.1) is 17.6 Å². The number of aromatic nitrogens is 2. The fourth-order valence-corrected chi connectivity index (χ4v) is 5.02. The van der Waals surface area contributed by atoms with Crippen LogP contribution in [0.5, 0.6) is 0 Å². The Kier molecular flexibility index (Phi) is 5.93. The maximum absolute atomic E-state index is 13.5. The predicted molar refractivity (Wildman–Crippen MR) is 127 cm³/mol. The molecule has 166 valence electrons. The van der Waals surface area contributed by atoms with Gasteiger partial charge in [-0.25, -0.2) is 4.98 Å². The summed E-state index contributed by atoms with van der Waals surface area (Å²) in [5.74, 6) is 0.872. The summed E-state index contributed by atoms with van der Waals surface area (Å²) in [6.45, 7) is 3.69. The first-order valence-electron chi connectivity index (χ1n) is 11.8. The van der Waals surface area contributed by atoms with Crippen LogP contribution >= 0.6 is 0 Å². The average Bonchev–Trinajstić information content (AvgIpc) is 2.86. The molecule has 2 aromatic carbocycles. The number of nitrogens with zero attached hydrogens (tertiary/aromatic N) is 4. The largest absolute Gasteiger partial charge is 0.352 e. The molecular formula is C26H30N4O2. The van der Waals surface area contributed by atoms with Crippen LogP contribution in [0, 0.1) is 5.92 Å². The number of rotatable bonds is 4. The fourth-order valence-electron chi connectivity index (χ4n) is 5.02. The van der Waals surface area contributed by atoms with Gasteiger partial charge in [-0.3, -0.25) is 14.2 Å². The minimum absolute atomic E-state index is 0.0617. The van der Waals surface area contributed by atoms with Gasteiger partial charge in [-0.05, 0) is 49.8 Å². The number of amides is 1. The van der Waals surface area contributed by atoms with Crippen LogP contribution in [0.15, 0.2) is 59.4 Å². The van der Waals surface area contributed by atoms with Gasteiger partial charge in [0.2, 0.25) is 5.91 Å². The number of para-hydroxylation sites is 2. The summed E-state index contributed by atoms with van der Waals surface area (Å²) in [6.07, 6.45) is 5.02. The fraction of sp³-hybridized carbons (Fsp3) is 0.423. The number of benzene rings is 2. The Morgan fingerprint density at radius 1 is 0.875 bits per heavy atom. The molecule has 3 heterocycles. The molecule has 0 unspecified atom stereocenters. The maximum atomic E-state index is 13.5. The number of carbonyl (C=O) groups is 1. The molecular weight excluding hydrogens is 400 g/mol. The summed E-state index contributed by atoms with van der Waals surface area (Å²) in [5, 5.41) is 0. The Balaban J connectivity index is 1.39. The molecule has 2 aliphatic rings. The van der Waals surface area contributed by atoms with Crippen molar-refractivity contribution in [3.05, 3.63) is 70.5 Å². The molecule has 0 spiro atoms. The second kappa shape index (κ2) is 9.15. The van der Waals surface area contributed by atoms with Crippen molar-refractivity contribution < 1.29 is 4.79 Å². The van der Waals surface area contributed by atoms with Crippen LogP contribution in [0.1, 0.15) is 37.7 Å². The molecule has 1 aromatic heterocycles. The molecule has 0 bridgehead atoms. The minimum Gasteiger partial charge on any atom is -0.352 e. The topological polar surface area (TPSA) is 58.4 Å². The Bertz CT molecular complexity index is 1140. The smallest absolute Gasteiger partial charge is 0.294 e. The van der Waals surface area contributed by atoms with E-state index < -0.39 is 0 Å². The van der Waals surface area contributed by atoms with Gasteiger partial charge in [-0.1, -0.05) is 42.5 Å². The van der Waals surface area contributed by atoms with Crippen LogP contribution in [0.25, 0.3) is 11.0 Å². The van der Waals surface area contributed by atoms with E-state index in [0.717, 1.165) is 55.4 Å². The first-order chi connectivity index (χ1) is 15.7. The maximum Gasteiger partial charge on any atom is 0.294 e. The quantitative estimate of drug-likeness (QED) is 0.634. The average molecular weight is 431 g/mol. The summed E-state index contributed by atoms with van der Waals surface area (Å²) in [4.78, 5) is 35.3. The second-order valence-electron chi connectivity index (χ2n) is 8.95. The van der Waals surface area contributed by atoms with Gasteiger partial charge >= 0.3 is 0 Å². The third-order valence-corrected chi connectivity index (χ3v) is 6.83. The highest BCUT2D eigenvalue weighted by Gasteiger charge is 2.30. The number of hydrogen-bond donors (Lipinski definition) is 0.